The predicted molar refractivity (Wildman–Crippen MR) is 89.0 cm³/mol. The minimum Gasteiger partial charge on any atom is -0.370 e. The zero-order chi connectivity index (χ0) is 15.8. The Hall–Kier alpha value is -3.22. The first-order valence-electron chi connectivity index (χ1n) is 7.32. The van der Waals surface area contributed by atoms with Gasteiger partial charge in [0.1, 0.15) is 12.1 Å². The van der Waals surface area contributed by atoms with Crippen LogP contribution < -0.4 is 10.9 Å². The highest BCUT2D eigenvalue weighted by molar-refractivity contribution is 5.88. The number of pyridine rings is 1. The van der Waals surface area contributed by atoms with Crippen LogP contribution in [-0.4, -0.2) is 31.3 Å². The summed E-state index contributed by atoms with van der Waals surface area (Å²) < 4.78 is 1.58. The molecule has 0 spiro atoms. The third kappa shape index (κ3) is 2.13. The van der Waals surface area contributed by atoms with Gasteiger partial charge in [0, 0.05) is 18.0 Å². The number of aromatic nitrogens is 5. The summed E-state index contributed by atoms with van der Waals surface area (Å²) in [7, 11) is 0. The van der Waals surface area contributed by atoms with E-state index in [1.54, 1.807) is 16.8 Å². The lowest BCUT2D eigenvalue weighted by atomic mass is 10.2. The van der Waals surface area contributed by atoms with Crippen molar-refractivity contribution in [2.75, 3.05) is 11.9 Å². The van der Waals surface area contributed by atoms with Gasteiger partial charge in [-0.15, -0.1) is 0 Å². The van der Waals surface area contributed by atoms with Crippen molar-refractivity contribution in [3.05, 3.63) is 53.2 Å². The third-order valence-electron chi connectivity index (χ3n) is 3.72. The number of anilines is 1. The normalized spacial score (nSPS) is 11.2. The van der Waals surface area contributed by atoms with Crippen molar-refractivity contribution in [2.45, 2.75) is 6.92 Å². The van der Waals surface area contributed by atoms with Crippen molar-refractivity contribution in [1.82, 2.24) is 24.7 Å². The third-order valence-corrected chi connectivity index (χ3v) is 3.72. The van der Waals surface area contributed by atoms with Gasteiger partial charge in [0.2, 0.25) is 0 Å². The van der Waals surface area contributed by atoms with Crippen molar-refractivity contribution >= 4 is 27.8 Å². The molecule has 0 atom stereocenters. The van der Waals surface area contributed by atoms with Crippen LogP contribution in [0.15, 0.2) is 47.7 Å². The minimum atomic E-state index is -0.141. The van der Waals surface area contributed by atoms with Crippen LogP contribution in [0, 0.1) is 0 Å². The lowest BCUT2D eigenvalue weighted by Gasteiger charge is -2.11. The van der Waals surface area contributed by atoms with Gasteiger partial charge in [-0.3, -0.25) is 14.5 Å². The van der Waals surface area contributed by atoms with Gasteiger partial charge in [-0.2, -0.15) is 5.10 Å². The molecule has 0 fully saturated rings. The Bertz CT molecular complexity index is 1060. The fourth-order valence-corrected chi connectivity index (χ4v) is 2.67. The average Bonchev–Trinajstić information content (AvgIpc) is 3.02. The van der Waals surface area contributed by atoms with Crippen LogP contribution in [0.1, 0.15) is 6.92 Å². The second-order valence-corrected chi connectivity index (χ2v) is 5.14. The monoisotopic (exact) mass is 306 g/mol. The van der Waals surface area contributed by atoms with Crippen molar-refractivity contribution in [2.24, 2.45) is 0 Å². The van der Waals surface area contributed by atoms with Gasteiger partial charge in [-0.05, 0) is 31.2 Å². The zero-order valence-electron chi connectivity index (χ0n) is 12.4. The topological polar surface area (TPSA) is 88.5 Å². The molecular weight excluding hydrogens is 292 g/mol. The Morgan fingerprint density at radius 1 is 1.22 bits per heavy atom. The first-order valence-corrected chi connectivity index (χ1v) is 7.32. The molecule has 0 radical (unpaired) electrons. The zero-order valence-corrected chi connectivity index (χ0v) is 12.4. The number of fused-ring (bicyclic) bond motifs is 2. The highest BCUT2D eigenvalue weighted by Gasteiger charge is 2.11. The summed E-state index contributed by atoms with van der Waals surface area (Å²) in [6.07, 6.45) is 3.21. The molecule has 23 heavy (non-hydrogen) atoms. The molecule has 0 aliphatic rings. The van der Waals surface area contributed by atoms with Crippen LogP contribution in [0.5, 0.6) is 0 Å². The first-order chi connectivity index (χ1) is 11.3. The fourth-order valence-electron chi connectivity index (χ4n) is 2.67. The molecule has 0 saturated heterocycles. The Kier molecular flexibility index (Phi) is 3.04. The van der Waals surface area contributed by atoms with E-state index in [1.165, 1.54) is 12.4 Å². The number of aromatic amines is 1. The van der Waals surface area contributed by atoms with Crippen LogP contribution in [0.2, 0.25) is 0 Å². The molecule has 0 unspecified atom stereocenters. The predicted octanol–water partition coefficient (Wildman–Crippen LogP) is 2.09. The van der Waals surface area contributed by atoms with E-state index in [2.05, 4.69) is 25.5 Å². The maximum atomic E-state index is 12.4. The average molecular weight is 306 g/mol. The van der Waals surface area contributed by atoms with Crippen LogP contribution in [-0.2, 0) is 0 Å². The number of nitrogens with one attached hydrogen (secondary N) is 2. The van der Waals surface area contributed by atoms with Crippen molar-refractivity contribution in [3.8, 4) is 5.69 Å². The fraction of sp³-hybridized carbons (Fsp3) is 0.125. The smallest absolute Gasteiger partial charge is 0.256 e. The second-order valence-electron chi connectivity index (χ2n) is 5.14. The molecular formula is C16H14N6O. The van der Waals surface area contributed by atoms with Gasteiger partial charge in [-0.1, -0.05) is 0 Å². The molecule has 3 heterocycles. The standard InChI is InChI=1S/C16H14N6O/c1-2-17-15-12-5-6-14(23)22(16(12)19-9-18-15)11-4-3-10-8-20-21-13(10)7-11/h3-9H,2H2,1H3,(H,20,21)(H,17,18,19). The molecule has 0 bridgehead atoms. The van der Waals surface area contributed by atoms with Crippen LogP contribution in [0.4, 0.5) is 5.82 Å². The van der Waals surface area contributed by atoms with E-state index in [0.717, 1.165) is 28.5 Å². The summed E-state index contributed by atoms with van der Waals surface area (Å²) in [4.78, 5) is 21.0. The van der Waals surface area contributed by atoms with Gasteiger partial charge in [0.15, 0.2) is 5.65 Å². The van der Waals surface area contributed by atoms with Gasteiger partial charge in [-0.25, -0.2) is 9.97 Å². The highest BCUT2D eigenvalue weighted by Crippen LogP contribution is 2.21. The quantitative estimate of drug-likeness (QED) is 0.605. The Morgan fingerprint density at radius 3 is 3.00 bits per heavy atom. The molecule has 0 aliphatic heterocycles. The summed E-state index contributed by atoms with van der Waals surface area (Å²) in [6.45, 7) is 2.74. The summed E-state index contributed by atoms with van der Waals surface area (Å²) >= 11 is 0. The number of hydrogen-bond acceptors (Lipinski definition) is 5. The molecule has 1 aromatic carbocycles. The van der Waals surface area contributed by atoms with Gasteiger partial charge in [0.25, 0.3) is 5.56 Å². The van der Waals surface area contributed by atoms with Crippen molar-refractivity contribution in [3.63, 3.8) is 0 Å². The minimum absolute atomic E-state index is 0.141. The molecule has 0 aliphatic carbocycles. The molecule has 114 valence electrons. The first kappa shape index (κ1) is 13.4. The van der Waals surface area contributed by atoms with Gasteiger partial charge in [0.05, 0.1) is 22.8 Å². The summed E-state index contributed by atoms with van der Waals surface area (Å²) in [6, 6.07) is 8.97. The maximum Gasteiger partial charge on any atom is 0.256 e. The van der Waals surface area contributed by atoms with Gasteiger partial charge >= 0.3 is 0 Å². The molecule has 4 rings (SSSR count). The molecule has 7 heteroatoms. The largest absolute Gasteiger partial charge is 0.370 e. The SMILES string of the molecule is CCNc1ncnc2c1ccc(=O)n2-c1ccc2cn[nH]c2c1. The second kappa shape index (κ2) is 5.20. The lowest BCUT2D eigenvalue weighted by molar-refractivity contribution is 1.00. The maximum absolute atomic E-state index is 12.4. The Balaban J connectivity index is 2.03. The molecule has 3 aromatic heterocycles. The number of H-pyrrole nitrogens is 1. The molecule has 0 amide bonds. The van der Waals surface area contributed by atoms with Crippen LogP contribution in [0.3, 0.4) is 0 Å². The van der Waals surface area contributed by atoms with Crippen molar-refractivity contribution < 1.29 is 0 Å². The summed E-state index contributed by atoms with van der Waals surface area (Å²) in [5, 5.41) is 11.9. The van der Waals surface area contributed by atoms with E-state index in [4.69, 9.17) is 0 Å². The molecule has 4 aromatic rings. The van der Waals surface area contributed by atoms with E-state index in [0.29, 0.717) is 11.5 Å². The van der Waals surface area contributed by atoms with Gasteiger partial charge < -0.3 is 5.32 Å². The van der Waals surface area contributed by atoms with E-state index >= 15 is 0 Å². The number of hydrogen-bond donors (Lipinski definition) is 2. The summed E-state index contributed by atoms with van der Waals surface area (Å²) in [5.41, 5.74) is 2.03. The number of benzene rings is 1. The highest BCUT2D eigenvalue weighted by atomic mass is 16.1. The number of nitrogens with zero attached hydrogens (tertiary/aromatic N) is 4. The Labute approximate surface area is 131 Å². The van der Waals surface area contributed by atoms with Crippen LogP contribution in [0.25, 0.3) is 27.6 Å². The van der Waals surface area contributed by atoms with E-state index in [9.17, 15) is 4.79 Å². The van der Waals surface area contributed by atoms with Crippen molar-refractivity contribution in [1.29, 1.82) is 0 Å². The van der Waals surface area contributed by atoms with E-state index in [-0.39, 0.29) is 5.56 Å². The van der Waals surface area contributed by atoms with E-state index in [1.807, 2.05) is 25.1 Å². The molecule has 0 saturated carbocycles. The summed E-state index contributed by atoms with van der Waals surface area (Å²) in [5.74, 6) is 0.717. The number of rotatable bonds is 3. The lowest BCUT2D eigenvalue weighted by Crippen LogP contribution is -2.19. The Morgan fingerprint density at radius 2 is 2.13 bits per heavy atom. The molecule has 7 nitrogen and oxygen atoms in total. The van der Waals surface area contributed by atoms with Crippen LogP contribution >= 0.6 is 0 Å². The molecule has 2 N–H and O–H groups in total. The van der Waals surface area contributed by atoms with E-state index < -0.39 is 0 Å².